The van der Waals surface area contributed by atoms with Gasteiger partial charge < -0.3 is 23.8 Å². The molecule has 1 heterocycles. The van der Waals surface area contributed by atoms with E-state index in [1.807, 2.05) is 91.0 Å². The molecule has 0 radical (unpaired) electrons. The Kier molecular flexibility index (Phi) is 19.4. The van der Waals surface area contributed by atoms with Crippen LogP contribution in [-0.4, -0.2) is 48.2 Å². The third-order valence-electron chi connectivity index (χ3n) is 9.70. The molecule has 0 aliphatic carbocycles. The third-order valence-corrected chi connectivity index (χ3v) is 11.6. The van der Waals surface area contributed by atoms with E-state index in [0.29, 0.717) is 32.6 Å². The van der Waals surface area contributed by atoms with Gasteiger partial charge in [0.25, 0.3) is 0 Å². The summed E-state index contributed by atoms with van der Waals surface area (Å²) in [6, 6.07) is 30.1. The molecule has 1 fully saturated rings. The Balaban J connectivity index is 1.28. The van der Waals surface area contributed by atoms with Crippen LogP contribution in [0, 0.1) is 0 Å². The van der Waals surface area contributed by atoms with Gasteiger partial charge in [0.1, 0.15) is 18.3 Å². The van der Waals surface area contributed by atoms with Crippen molar-refractivity contribution in [2.75, 3.05) is 18.9 Å². The lowest BCUT2D eigenvalue weighted by molar-refractivity contribution is -0.0897. The van der Waals surface area contributed by atoms with Crippen molar-refractivity contribution in [1.29, 1.82) is 0 Å². The van der Waals surface area contributed by atoms with E-state index in [0.717, 1.165) is 36.0 Å². The maximum atomic E-state index is 13.6. The largest absolute Gasteiger partial charge is 0.374 e. The van der Waals surface area contributed by atoms with Gasteiger partial charge in [-0.2, -0.15) is 0 Å². The maximum Gasteiger partial charge on any atom is 0.203 e. The minimum Gasteiger partial charge on any atom is -0.374 e. The van der Waals surface area contributed by atoms with Gasteiger partial charge in [0, 0.05) is 6.16 Å². The highest BCUT2D eigenvalue weighted by atomic mass is 31.2. The zero-order valence-electron chi connectivity index (χ0n) is 30.5. The molecular weight excluding hydrogens is 643 g/mol. The van der Waals surface area contributed by atoms with Crippen LogP contribution in [0.4, 0.5) is 0 Å². The van der Waals surface area contributed by atoms with Crippen LogP contribution in [0.25, 0.3) is 0 Å². The summed E-state index contributed by atoms with van der Waals surface area (Å²) >= 11 is 0. The fraction of sp³-hybridized carbons (Fsp3) is 0.581. The lowest BCUT2D eigenvalue weighted by atomic mass is 10.0. The van der Waals surface area contributed by atoms with Gasteiger partial charge in [0.05, 0.1) is 38.7 Å². The highest BCUT2D eigenvalue weighted by Crippen LogP contribution is 2.46. The first-order valence-corrected chi connectivity index (χ1v) is 21.5. The lowest BCUT2D eigenvalue weighted by Crippen LogP contribution is -2.40. The molecule has 50 heavy (non-hydrogen) atoms. The van der Waals surface area contributed by atoms with Crippen LogP contribution in [0.15, 0.2) is 91.0 Å². The van der Waals surface area contributed by atoms with Crippen molar-refractivity contribution in [3.8, 4) is 0 Å². The summed E-state index contributed by atoms with van der Waals surface area (Å²) in [6.07, 6.45) is 15.9. The predicted octanol–water partition coefficient (Wildman–Crippen LogP) is 10.9. The van der Waals surface area contributed by atoms with Gasteiger partial charge in [-0.1, -0.05) is 181 Å². The van der Waals surface area contributed by atoms with Gasteiger partial charge in [-0.25, -0.2) is 0 Å². The molecule has 0 bridgehead atoms. The number of hydrogen-bond donors (Lipinski definition) is 1. The molecule has 3 aromatic carbocycles. The fourth-order valence-electron chi connectivity index (χ4n) is 6.81. The van der Waals surface area contributed by atoms with Crippen molar-refractivity contribution >= 4 is 7.37 Å². The second-order valence-electron chi connectivity index (χ2n) is 14.1. The van der Waals surface area contributed by atoms with Crippen LogP contribution in [-0.2, 0) is 43.3 Å². The Morgan fingerprint density at radius 1 is 0.560 bits per heavy atom. The quantitative estimate of drug-likeness (QED) is 0.0628. The van der Waals surface area contributed by atoms with E-state index < -0.39 is 31.8 Å². The standard InChI is InChI=1S/C43H63O6P/c1-2-3-4-5-6-7-8-9-10-11-12-13-14-24-31-50(44,45)36-41-43(48-34-39-29-22-17-23-30-39)42(47-33-38-27-20-16-21-28-38)40(49-41)35-46-32-37-25-18-15-19-26-37/h15-23,25-30,40-43H,2-14,24,31-36H2,1H3,(H,44,45)/t40-,41+,42-,43-/m1/s1. The smallest absolute Gasteiger partial charge is 0.203 e. The number of unbranched alkanes of at least 4 members (excludes halogenated alkanes) is 13. The number of rotatable bonds is 27. The molecule has 0 spiro atoms. The molecule has 7 heteroatoms. The van der Waals surface area contributed by atoms with Crippen LogP contribution in [0.2, 0.25) is 0 Å². The summed E-state index contributed by atoms with van der Waals surface area (Å²) in [6.45, 7) is 3.76. The first-order chi connectivity index (χ1) is 24.5. The van der Waals surface area contributed by atoms with Crippen LogP contribution >= 0.6 is 7.37 Å². The monoisotopic (exact) mass is 706 g/mol. The number of ether oxygens (including phenoxy) is 4. The van der Waals surface area contributed by atoms with Crippen LogP contribution in [0.3, 0.4) is 0 Å². The molecule has 4 rings (SSSR count). The molecule has 1 N–H and O–H groups in total. The van der Waals surface area contributed by atoms with Crippen LogP contribution < -0.4 is 0 Å². The molecule has 0 saturated carbocycles. The molecule has 6 nitrogen and oxygen atoms in total. The van der Waals surface area contributed by atoms with Gasteiger partial charge in [-0.15, -0.1) is 0 Å². The first-order valence-electron chi connectivity index (χ1n) is 19.4. The van der Waals surface area contributed by atoms with Crippen molar-refractivity contribution in [2.24, 2.45) is 0 Å². The Morgan fingerprint density at radius 3 is 1.42 bits per heavy atom. The fourth-order valence-corrected chi connectivity index (χ4v) is 8.57. The zero-order chi connectivity index (χ0) is 35.1. The van der Waals surface area contributed by atoms with E-state index >= 15 is 0 Å². The second kappa shape index (κ2) is 24.0. The predicted molar refractivity (Wildman–Crippen MR) is 205 cm³/mol. The summed E-state index contributed by atoms with van der Waals surface area (Å²) in [5.41, 5.74) is 3.16. The Hall–Kier alpha value is -2.31. The minimum atomic E-state index is -3.46. The van der Waals surface area contributed by atoms with Gasteiger partial charge in [0.15, 0.2) is 0 Å². The van der Waals surface area contributed by atoms with Crippen molar-refractivity contribution in [3.63, 3.8) is 0 Å². The number of benzene rings is 3. The van der Waals surface area contributed by atoms with E-state index in [-0.39, 0.29) is 6.16 Å². The molecule has 3 aromatic rings. The van der Waals surface area contributed by atoms with Crippen LogP contribution in [0.1, 0.15) is 114 Å². The van der Waals surface area contributed by atoms with Crippen molar-refractivity contribution in [3.05, 3.63) is 108 Å². The second-order valence-corrected chi connectivity index (χ2v) is 16.6. The summed E-state index contributed by atoms with van der Waals surface area (Å²) in [5, 5.41) is 0. The van der Waals surface area contributed by atoms with E-state index in [2.05, 4.69) is 6.92 Å². The van der Waals surface area contributed by atoms with E-state index in [1.54, 1.807) is 0 Å². The molecule has 1 aliphatic heterocycles. The summed E-state index contributed by atoms with van der Waals surface area (Å²) in [7, 11) is -3.46. The van der Waals surface area contributed by atoms with E-state index in [4.69, 9.17) is 18.9 Å². The van der Waals surface area contributed by atoms with Gasteiger partial charge >= 0.3 is 0 Å². The molecule has 5 atom stereocenters. The average Bonchev–Trinajstić information content (AvgIpc) is 3.45. The van der Waals surface area contributed by atoms with Crippen molar-refractivity contribution < 1.29 is 28.4 Å². The highest BCUT2D eigenvalue weighted by Gasteiger charge is 2.48. The molecule has 276 valence electrons. The maximum absolute atomic E-state index is 13.6. The Morgan fingerprint density at radius 2 is 0.960 bits per heavy atom. The average molecular weight is 707 g/mol. The highest BCUT2D eigenvalue weighted by molar-refractivity contribution is 7.58. The minimum absolute atomic E-state index is 0.0469. The molecule has 1 saturated heterocycles. The van der Waals surface area contributed by atoms with Crippen molar-refractivity contribution in [2.45, 2.75) is 141 Å². The third kappa shape index (κ3) is 15.9. The molecule has 1 aliphatic rings. The van der Waals surface area contributed by atoms with Gasteiger partial charge in [0.2, 0.25) is 7.37 Å². The van der Waals surface area contributed by atoms with E-state index in [1.165, 1.54) is 70.6 Å². The number of hydrogen-bond acceptors (Lipinski definition) is 5. The molecular formula is C43H63O6P. The van der Waals surface area contributed by atoms with E-state index in [9.17, 15) is 9.46 Å². The van der Waals surface area contributed by atoms with Gasteiger partial charge in [-0.3, -0.25) is 4.57 Å². The molecule has 0 amide bonds. The molecule has 0 aromatic heterocycles. The normalized spacial score (nSPS) is 20.2. The van der Waals surface area contributed by atoms with Gasteiger partial charge in [-0.05, 0) is 23.1 Å². The molecule has 1 unspecified atom stereocenters. The zero-order valence-corrected chi connectivity index (χ0v) is 31.4. The van der Waals surface area contributed by atoms with Crippen LogP contribution in [0.5, 0.6) is 0 Å². The SMILES string of the molecule is CCCCCCCCCCCCCCCCP(=O)(O)C[C@@H]1O[C@H](COCc2ccccc2)[C@@H](OCc2ccccc2)[C@@H]1OCc1ccccc1. The first kappa shape index (κ1) is 40.5. The summed E-state index contributed by atoms with van der Waals surface area (Å²) in [5.74, 6) is 0. The lowest BCUT2D eigenvalue weighted by Gasteiger charge is -2.26. The Labute approximate surface area is 302 Å². The summed E-state index contributed by atoms with van der Waals surface area (Å²) in [4.78, 5) is 11.2. The Bertz CT molecular complexity index is 1310. The topological polar surface area (TPSA) is 74.2 Å². The summed E-state index contributed by atoms with van der Waals surface area (Å²) < 4.78 is 39.4. The van der Waals surface area contributed by atoms with Crippen molar-refractivity contribution in [1.82, 2.24) is 0 Å².